The van der Waals surface area contributed by atoms with Crippen LogP contribution in [0, 0.1) is 0 Å². The molecule has 1 aromatic carbocycles. The summed E-state index contributed by atoms with van der Waals surface area (Å²) in [6, 6.07) is 4.48. The molecular weight excluding hydrogens is 372 g/mol. The fraction of sp³-hybridized carbons (Fsp3) is 0.500. The third-order valence-corrected chi connectivity index (χ3v) is 6.62. The number of hydrogen-bond donors (Lipinski definition) is 1. The first-order valence-electron chi connectivity index (χ1n) is 8.89. The van der Waals surface area contributed by atoms with Gasteiger partial charge in [-0.3, -0.25) is 9.59 Å². The highest BCUT2D eigenvalue weighted by Gasteiger charge is 2.34. The summed E-state index contributed by atoms with van der Waals surface area (Å²) in [6.45, 7) is 1.69. The van der Waals surface area contributed by atoms with Gasteiger partial charge in [-0.25, -0.2) is 13.2 Å². The van der Waals surface area contributed by atoms with E-state index in [0.29, 0.717) is 37.1 Å². The molecule has 2 aliphatic heterocycles. The number of anilines is 1. The summed E-state index contributed by atoms with van der Waals surface area (Å²) >= 11 is 0. The average Bonchev–Trinajstić information content (AvgIpc) is 2.99. The molecule has 0 bridgehead atoms. The highest BCUT2D eigenvalue weighted by Crippen LogP contribution is 2.24. The maximum absolute atomic E-state index is 12.4. The fourth-order valence-corrected chi connectivity index (χ4v) is 5.19. The normalized spacial score (nSPS) is 20.5. The Morgan fingerprint density at radius 1 is 1.30 bits per heavy atom. The van der Waals surface area contributed by atoms with Crippen LogP contribution in [0.4, 0.5) is 5.69 Å². The summed E-state index contributed by atoms with van der Waals surface area (Å²) in [4.78, 5) is 37.5. The van der Waals surface area contributed by atoms with Crippen molar-refractivity contribution in [2.24, 2.45) is 0 Å². The Bertz CT molecular complexity index is 880. The van der Waals surface area contributed by atoms with E-state index in [1.807, 2.05) is 0 Å². The number of carbonyl (C=O) groups is 3. The van der Waals surface area contributed by atoms with Crippen LogP contribution in [-0.4, -0.2) is 61.8 Å². The van der Waals surface area contributed by atoms with Crippen LogP contribution in [-0.2, 0) is 30.6 Å². The molecule has 27 heavy (non-hydrogen) atoms. The molecule has 8 nitrogen and oxygen atoms in total. The summed E-state index contributed by atoms with van der Waals surface area (Å²) in [5, 5.41) is 2.74. The van der Waals surface area contributed by atoms with Gasteiger partial charge in [0, 0.05) is 24.7 Å². The maximum Gasteiger partial charge on any atom is 0.338 e. The number of nitrogens with zero attached hydrogens (tertiary/aromatic N) is 1. The molecule has 0 aliphatic carbocycles. The van der Waals surface area contributed by atoms with Crippen molar-refractivity contribution in [1.29, 1.82) is 0 Å². The molecule has 2 heterocycles. The topological polar surface area (TPSA) is 110 Å². The van der Waals surface area contributed by atoms with Gasteiger partial charge in [0.2, 0.25) is 5.91 Å². The van der Waals surface area contributed by atoms with E-state index in [4.69, 9.17) is 4.74 Å². The summed E-state index contributed by atoms with van der Waals surface area (Å²) in [5.74, 6) is -1.06. The third-order valence-electron chi connectivity index (χ3n) is 4.87. The smallest absolute Gasteiger partial charge is 0.338 e. The van der Waals surface area contributed by atoms with Gasteiger partial charge in [0.1, 0.15) is 0 Å². The van der Waals surface area contributed by atoms with E-state index in [9.17, 15) is 22.8 Å². The SMILES string of the molecule is CCN(C(=O)COC(=O)c1ccc2c(c1)CCC(=O)N2)[C@@H]1CCS(=O)(=O)C1. The van der Waals surface area contributed by atoms with Crippen LogP contribution in [0.3, 0.4) is 0 Å². The molecule has 2 amide bonds. The molecule has 2 aliphatic rings. The quantitative estimate of drug-likeness (QED) is 0.739. The van der Waals surface area contributed by atoms with Crippen LogP contribution in [0.5, 0.6) is 0 Å². The van der Waals surface area contributed by atoms with Crippen molar-refractivity contribution >= 4 is 33.3 Å². The lowest BCUT2D eigenvalue weighted by atomic mass is 10.0. The predicted octanol–water partition coefficient (Wildman–Crippen LogP) is 0.764. The number of nitrogens with one attached hydrogen (secondary N) is 1. The summed E-state index contributed by atoms with van der Waals surface area (Å²) in [5.41, 5.74) is 1.84. The van der Waals surface area contributed by atoms with E-state index in [1.165, 1.54) is 4.90 Å². The highest BCUT2D eigenvalue weighted by molar-refractivity contribution is 7.91. The van der Waals surface area contributed by atoms with E-state index in [-0.39, 0.29) is 23.5 Å². The van der Waals surface area contributed by atoms with Gasteiger partial charge >= 0.3 is 5.97 Å². The molecule has 0 aromatic heterocycles. The van der Waals surface area contributed by atoms with Gasteiger partial charge in [-0.05, 0) is 43.5 Å². The molecule has 1 aromatic rings. The number of amides is 2. The van der Waals surface area contributed by atoms with Crippen LogP contribution >= 0.6 is 0 Å². The van der Waals surface area contributed by atoms with Crippen molar-refractivity contribution in [2.45, 2.75) is 32.2 Å². The van der Waals surface area contributed by atoms with Gasteiger partial charge < -0.3 is 15.0 Å². The molecule has 1 atom stereocenters. The number of carbonyl (C=O) groups excluding carboxylic acids is 3. The Morgan fingerprint density at radius 2 is 2.07 bits per heavy atom. The lowest BCUT2D eigenvalue weighted by Gasteiger charge is -2.26. The minimum Gasteiger partial charge on any atom is -0.452 e. The second kappa shape index (κ2) is 7.67. The predicted molar refractivity (Wildman–Crippen MR) is 98.1 cm³/mol. The second-order valence-corrected chi connectivity index (χ2v) is 8.96. The molecular formula is C18H22N2O6S. The molecule has 1 fully saturated rings. The Balaban J connectivity index is 1.60. The van der Waals surface area contributed by atoms with Crippen molar-refractivity contribution in [2.75, 3.05) is 30.0 Å². The molecule has 0 saturated carbocycles. The van der Waals surface area contributed by atoms with Gasteiger partial charge in [0.25, 0.3) is 5.91 Å². The number of hydrogen-bond acceptors (Lipinski definition) is 6. The molecule has 1 N–H and O–H groups in total. The molecule has 0 radical (unpaired) electrons. The van der Waals surface area contributed by atoms with Crippen molar-refractivity contribution in [3.05, 3.63) is 29.3 Å². The summed E-state index contributed by atoms with van der Waals surface area (Å²) in [7, 11) is -3.10. The molecule has 0 unspecified atom stereocenters. The number of aryl methyl sites for hydroxylation is 1. The lowest BCUT2D eigenvalue weighted by Crippen LogP contribution is -2.43. The average molecular weight is 394 g/mol. The van der Waals surface area contributed by atoms with E-state index in [1.54, 1.807) is 25.1 Å². The van der Waals surface area contributed by atoms with Crippen LogP contribution in [0.25, 0.3) is 0 Å². The summed E-state index contributed by atoms with van der Waals surface area (Å²) < 4.78 is 28.4. The Labute approximate surface area is 157 Å². The zero-order valence-electron chi connectivity index (χ0n) is 15.1. The minimum absolute atomic E-state index is 0.0446. The number of fused-ring (bicyclic) bond motifs is 1. The number of sulfone groups is 1. The van der Waals surface area contributed by atoms with E-state index < -0.39 is 28.3 Å². The van der Waals surface area contributed by atoms with Gasteiger partial charge in [-0.15, -0.1) is 0 Å². The van der Waals surface area contributed by atoms with E-state index >= 15 is 0 Å². The van der Waals surface area contributed by atoms with Gasteiger partial charge in [0.15, 0.2) is 16.4 Å². The van der Waals surface area contributed by atoms with Crippen LogP contribution < -0.4 is 5.32 Å². The fourth-order valence-electron chi connectivity index (χ4n) is 3.46. The molecule has 146 valence electrons. The number of benzene rings is 1. The van der Waals surface area contributed by atoms with E-state index in [2.05, 4.69) is 5.32 Å². The molecule has 9 heteroatoms. The van der Waals surface area contributed by atoms with Gasteiger partial charge in [0.05, 0.1) is 17.1 Å². The Hall–Kier alpha value is -2.42. The Morgan fingerprint density at radius 3 is 2.74 bits per heavy atom. The maximum atomic E-state index is 12.4. The van der Waals surface area contributed by atoms with Gasteiger partial charge in [-0.2, -0.15) is 0 Å². The van der Waals surface area contributed by atoms with Crippen molar-refractivity contribution in [1.82, 2.24) is 4.90 Å². The first-order valence-corrected chi connectivity index (χ1v) is 10.7. The number of rotatable bonds is 5. The zero-order valence-corrected chi connectivity index (χ0v) is 15.9. The standard InChI is InChI=1S/C18H22N2O6S/c1-2-20(14-7-8-27(24,25)11-14)17(22)10-26-18(23)13-3-5-15-12(9-13)4-6-16(21)19-15/h3,5,9,14H,2,4,6-8,10-11H2,1H3,(H,19,21)/t14-/m1/s1. The monoisotopic (exact) mass is 394 g/mol. The molecule has 1 saturated heterocycles. The number of ether oxygens (including phenoxy) is 1. The molecule has 3 rings (SSSR count). The summed E-state index contributed by atoms with van der Waals surface area (Å²) in [6.07, 6.45) is 1.31. The number of esters is 1. The molecule has 0 spiro atoms. The second-order valence-electron chi connectivity index (χ2n) is 6.73. The number of likely N-dealkylation sites (N-methyl/N-ethyl adjacent to an activating group) is 1. The lowest BCUT2D eigenvalue weighted by molar-refractivity contribution is -0.136. The first-order chi connectivity index (χ1) is 12.8. The zero-order chi connectivity index (χ0) is 19.6. The van der Waals surface area contributed by atoms with Crippen LogP contribution in [0.1, 0.15) is 35.7 Å². The first kappa shape index (κ1) is 19.3. The van der Waals surface area contributed by atoms with Crippen molar-refractivity contribution < 1.29 is 27.5 Å². The van der Waals surface area contributed by atoms with Crippen LogP contribution in [0.2, 0.25) is 0 Å². The Kier molecular flexibility index (Phi) is 5.50. The minimum atomic E-state index is -3.10. The van der Waals surface area contributed by atoms with Crippen LogP contribution in [0.15, 0.2) is 18.2 Å². The van der Waals surface area contributed by atoms with Crippen molar-refractivity contribution in [3.63, 3.8) is 0 Å². The third kappa shape index (κ3) is 4.47. The van der Waals surface area contributed by atoms with E-state index in [0.717, 1.165) is 5.56 Å². The van der Waals surface area contributed by atoms with Crippen molar-refractivity contribution in [3.8, 4) is 0 Å². The highest BCUT2D eigenvalue weighted by atomic mass is 32.2. The van der Waals surface area contributed by atoms with Gasteiger partial charge in [-0.1, -0.05) is 0 Å². The largest absolute Gasteiger partial charge is 0.452 e.